The molecule has 0 aromatic heterocycles. The van der Waals surface area contributed by atoms with Gasteiger partial charge in [-0.1, -0.05) is 30.9 Å². The summed E-state index contributed by atoms with van der Waals surface area (Å²) < 4.78 is 5.36. The average molecular weight is 254 g/mol. The monoisotopic (exact) mass is 253 g/mol. The van der Waals surface area contributed by atoms with E-state index in [-0.39, 0.29) is 5.54 Å². The summed E-state index contributed by atoms with van der Waals surface area (Å²) in [5.74, 6) is 0.875. The van der Waals surface area contributed by atoms with Crippen molar-refractivity contribution in [2.24, 2.45) is 5.73 Å². The van der Waals surface area contributed by atoms with E-state index in [0.29, 0.717) is 0 Å². The van der Waals surface area contributed by atoms with Gasteiger partial charge in [0.05, 0.1) is 7.11 Å². The fourth-order valence-electron chi connectivity index (χ4n) is 2.71. The van der Waals surface area contributed by atoms with Crippen LogP contribution in [0.2, 0.25) is 5.02 Å². The van der Waals surface area contributed by atoms with Crippen molar-refractivity contribution < 1.29 is 4.74 Å². The van der Waals surface area contributed by atoms with Gasteiger partial charge in [-0.2, -0.15) is 0 Å². The Morgan fingerprint density at radius 2 is 1.88 bits per heavy atom. The van der Waals surface area contributed by atoms with E-state index in [2.05, 4.69) is 0 Å². The lowest BCUT2D eigenvalue weighted by Gasteiger charge is -2.35. The molecule has 3 heteroatoms. The third-order valence-electron chi connectivity index (χ3n) is 3.77. The molecule has 0 amide bonds. The minimum atomic E-state index is -0.268. The van der Waals surface area contributed by atoms with E-state index in [1.54, 1.807) is 7.11 Å². The second kappa shape index (κ2) is 4.87. The number of rotatable bonds is 2. The third kappa shape index (κ3) is 2.43. The van der Waals surface area contributed by atoms with Crippen LogP contribution in [-0.4, -0.2) is 7.11 Å². The zero-order valence-corrected chi connectivity index (χ0v) is 11.3. The van der Waals surface area contributed by atoms with Gasteiger partial charge in [-0.25, -0.2) is 0 Å². The second-order valence-electron chi connectivity index (χ2n) is 5.02. The van der Waals surface area contributed by atoms with E-state index < -0.39 is 0 Å². The van der Waals surface area contributed by atoms with E-state index in [0.717, 1.165) is 34.7 Å². The minimum Gasteiger partial charge on any atom is -0.496 e. The molecule has 1 aliphatic carbocycles. The molecule has 2 N–H and O–H groups in total. The smallest absolute Gasteiger partial charge is 0.122 e. The fraction of sp³-hybridized carbons (Fsp3) is 0.571. The molecule has 1 aromatic carbocycles. The zero-order chi connectivity index (χ0) is 12.5. The molecule has 1 fully saturated rings. The summed E-state index contributed by atoms with van der Waals surface area (Å²) in [5.41, 5.74) is 8.35. The molecular weight excluding hydrogens is 234 g/mol. The van der Waals surface area contributed by atoms with Gasteiger partial charge in [-0.15, -0.1) is 0 Å². The summed E-state index contributed by atoms with van der Waals surface area (Å²) in [6.45, 7) is 2.00. The van der Waals surface area contributed by atoms with Gasteiger partial charge >= 0.3 is 0 Å². The maximum Gasteiger partial charge on any atom is 0.122 e. The maximum absolute atomic E-state index is 6.51. The van der Waals surface area contributed by atoms with Crippen LogP contribution in [0.4, 0.5) is 0 Å². The first-order chi connectivity index (χ1) is 8.07. The molecule has 0 atom stereocenters. The molecule has 17 heavy (non-hydrogen) atoms. The molecule has 2 rings (SSSR count). The predicted octanol–water partition coefficient (Wildman–Crippen LogP) is 3.78. The van der Waals surface area contributed by atoms with Crippen LogP contribution in [-0.2, 0) is 5.54 Å². The average Bonchev–Trinajstić information content (AvgIpc) is 2.30. The van der Waals surface area contributed by atoms with E-state index in [1.807, 2.05) is 19.1 Å². The predicted molar refractivity (Wildman–Crippen MR) is 71.7 cm³/mol. The van der Waals surface area contributed by atoms with Crippen LogP contribution in [0.1, 0.15) is 43.2 Å². The molecule has 0 radical (unpaired) electrons. The molecule has 94 valence electrons. The number of ether oxygens (including phenoxy) is 1. The van der Waals surface area contributed by atoms with Crippen molar-refractivity contribution in [3.63, 3.8) is 0 Å². The summed E-state index contributed by atoms with van der Waals surface area (Å²) in [5, 5.41) is 0.771. The van der Waals surface area contributed by atoms with Crippen LogP contribution in [0.5, 0.6) is 5.75 Å². The first-order valence-electron chi connectivity index (χ1n) is 6.20. The molecule has 0 spiro atoms. The molecule has 1 aliphatic rings. The third-order valence-corrected chi connectivity index (χ3v) is 4.08. The molecule has 0 aliphatic heterocycles. The van der Waals surface area contributed by atoms with Crippen LogP contribution >= 0.6 is 11.6 Å². The number of methoxy groups -OCH3 is 1. The first kappa shape index (κ1) is 12.7. The number of aryl methyl sites for hydroxylation is 1. The van der Waals surface area contributed by atoms with Crippen molar-refractivity contribution in [3.05, 3.63) is 28.3 Å². The Hall–Kier alpha value is -0.730. The SMILES string of the molecule is COc1cc(C2(N)CCCCC2)c(Cl)cc1C. The van der Waals surface area contributed by atoms with Crippen molar-refractivity contribution in [2.45, 2.75) is 44.6 Å². The summed E-state index contributed by atoms with van der Waals surface area (Å²) in [6, 6.07) is 3.97. The van der Waals surface area contributed by atoms with Crippen molar-refractivity contribution in [2.75, 3.05) is 7.11 Å². The standard InChI is InChI=1S/C14H20ClNO/c1-10-8-12(15)11(9-13(10)17-2)14(16)6-4-3-5-7-14/h8-9H,3-7,16H2,1-2H3. The number of halogens is 1. The molecule has 1 aromatic rings. The summed E-state index contributed by atoms with van der Waals surface area (Å²) in [4.78, 5) is 0. The highest BCUT2D eigenvalue weighted by atomic mass is 35.5. The normalized spacial score (nSPS) is 19.1. The Bertz CT molecular complexity index is 411. The van der Waals surface area contributed by atoms with Crippen molar-refractivity contribution in [3.8, 4) is 5.75 Å². The Morgan fingerprint density at radius 3 is 2.47 bits per heavy atom. The van der Waals surface area contributed by atoms with Gasteiger partial charge in [-0.3, -0.25) is 0 Å². The maximum atomic E-state index is 6.51. The van der Waals surface area contributed by atoms with Crippen LogP contribution in [0, 0.1) is 6.92 Å². The second-order valence-corrected chi connectivity index (χ2v) is 5.43. The van der Waals surface area contributed by atoms with E-state index in [9.17, 15) is 0 Å². The van der Waals surface area contributed by atoms with Gasteiger partial charge in [0.1, 0.15) is 5.75 Å². The molecule has 0 unspecified atom stereocenters. The lowest BCUT2D eigenvalue weighted by atomic mass is 9.77. The largest absolute Gasteiger partial charge is 0.496 e. The lowest BCUT2D eigenvalue weighted by molar-refractivity contribution is 0.301. The summed E-state index contributed by atoms with van der Waals surface area (Å²) in [6.07, 6.45) is 5.67. The van der Waals surface area contributed by atoms with Gasteiger partial charge < -0.3 is 10.5 Å². The van der Waals surface area contributed by atoms with Crippen molar-refractivity contribution in [1.82, 2.24) is 0 Å². The Labute approximate surface area is 108 Å². The van der Waals surface area contributed by atoms with E-state index in [4.69, 9.17) is 22.1 Å². The van der Waals surface area contributed by atoms with Crippen LogP contribution in [0.3, 0.4) is 0 Å². The first-order valence-corrected chi connectivity index (χ1v) is 6.58. The quantitative estimate of drug-likeness (QED) is 0.871. The van der Waals surface area contributed by atoms with Crippen LogP contribution in [0.25, 0.3) is 0 Å². The number of hydrogen-bond donors (Lipinski definition) is 1. The highest BCUT2D eigenvalue weighted by molar-refractivity contribution is 6.31. The van der Waals surface area contributed by atoms with Gasteiger partial charge in [-0.05, 0) is 43.0 Å². The van der Waals surface area contributed by atoms with Gasteiger partial charge in [0.15, 0.2) is 0 Å². The molecule has 0 saturated heterocycles. The van der Waals surface area contributed by atoms with Crippen molar-refractivity contribution in [1.29, 1.82) is 0 Å². The van der Waals surface area contributed by atoms with E-state index >= 15 is 0 Å². The van der Waals surface area contributed by atoms with Gasteiger partial charge in [0, 0.05) is 10.6 Å². The highest BCUT2D eigenvalue weighted by Gasteiger charge is 2.31. The zero-order valence-electron chi connectivity index (χ0n) is 10.6. The molecule has 1 saturated carbocycles. The van der Waals surface area contributed by atoms with Crippen molar-refractivity contribution >= 4 is 11.6 Å². The lowest BCUT2D eigenvalue weighted by Crippen LogP contribution is -2.38. The van der Waals surface area contributed by atoms with Crippen LogP contribution < -0.4 is 10.5 Å². The molecular formula is C14H20ClNO. The molecule has 0 heterocycles. The number of benzene rings is 1. The summed E-state index contributed by atoms with van der Waals surface area (Å²) in [7, 11) is 1.68. The topological polar surface area (TPSA) is 35.2 Å². The molecule has 0 bridgehead atoms. The Morgan fingerprint density at radius 1 is 1.24 bits per heavy atom. The minimum absolute atomic E-state index is 0.268. The van der Waals surface area contributed by atoms with Gasteiger partial charge in [0.2, 0.25) is 0 Å². The number of hydrogen-bond acceptors (Lipinski definition) is 2. The molecule has 2 nitrogen and oxygen atoms in total. The fourth-order valence-corrected chi connectivity index (χ4v) is 3.11. The Kier molecular flexibility index (Phi) is 3.64. The number of nitrogens with two attached hydrogens (primary N) is 1. The van der Waals surface area contributed by atoms with E-state index in [1.165, 1.54) is 19.3 Å². The Balaban J connectivity index is 2.43. The van der Waals surface area contributed by atoms with Gasteiger partial charge in [0.25, 0.3) is 0 Å². The van der Waals surface area contributed by atoms with Crippen LogP contribution in [0.15, 0.2) is 12.1 Å². The summed E-state index contributed by atoms with van der Waals surface area (Å²) >= 11 is 6.35. The highest BCUT2D eigenvalue weighted by Crippen LogP contribution is 2.40.